The van der Waals surface area contributed by atoms with Crippen LogP contribution in [0.3, 0.4) is 0 Å². The first-order valence-electron chi connectivity index (χ1n) is 14.5. The number of nitrogens with one attached hydrogen (secondary N) is 2. The predicted molar refractivity (Wildman–Crippen MR) is 185 cm³/mol. The average Bonchev–Trinajstić information content (AvgIpc) is 3.08. The third-order valence-electron chi connectivity index (χ3n) is 5.88. The van der Waals surface area contributed by atoms with Crippen LogP contribution in [0.1, 0.15) is 20.7 Å². The van der Waals surface area contributed by atoms with Gasteiger partial charge in [0.15, 0.2) is 0 Å². The Morgan fingerprint density at radius 2 is 0.872 bits per heavy atom. The minimum Gasteiger partial charge on any atom is -0.508 e. The number of phenols is 2. The average molecular weight is 714 g/mol. The van der Waals surface area contributed by atoms with Crippen LogP contribution in [-0.4, -0.2) is 81.7 Å². The van der Waals surface area contributed by atoms with Gasteiger partial charge in [-0.25, -0.2) is 0 Å². The minimum atomic E-state index is -0.268. The molecule has 252 valence electrons. The first-order valence-corrected chi connectivity index (χ1v) is 15.6. The SMILES string of the molecule is COCCBr.COCCOc1ccc(NC(=O)c2ccc(OCCOC)cc2)cc1.O=C(Nc1ccc(O)cc1)c1ccc(O)cc1. The number of alkyl halides is 1. The van der Waals surface area contributed by atoms with Crippen molar-refractivity contribution in [2.24, 2.45) is 0 Å². The molecule has 0 radical (unpaired) electrons. The Morgan fingerprint density at radius 1 is 0.532 bits per heavy atom. The van der Waals surface area contributed by atoms with E-state index in [2.05, 4.69) is 31.3 Å². The fraction of sp³-hybridized carbons (Fsp3) is 0.257. The highest BCUT2D eigenvalue weighted by molar-refractivity contribution is 9.09. The molecule has 0 unspecified atom stereocenters. The summed E-state index contributed by atoms with van der Waals surface area (Å²) < 4.78 is 25.5. The van der Waals surface area contributed by atoms with Gasteiger partial charge in [-0.2, -0.15) is 0 Å². The van der Waals surface area contributed by atoms with Gasteiger partial charge in [0.2, 0.25) is 0 Å². The normalized spacial score (nSPS) is 9.96. The molecular formula is C35H41BrN2O9. The molecule has 4 aromatic carbocycles. The topological polar surface area (TPSA) is 145 Å². The van der Waals surface area contributed by atoms with Crippen LogP contribution in [0.15, 0.2) is 97.1 Å². The maximum absolute atomic E-state index is 12.3. The van der Waals surface area contributed by atoms with Gasteiger partial charge in [0, 0.05) is 49.2 Å². The van der Waals surface area contributed by atoms with E-state index in [4.69, 9.17) is 29.2 Å². The second kappa shape index (κ2) is 22.8. The zero-order chi connectivity index (χ0) is 34.3. The Labute approximate surface area is 283 Å². The molecule has 0 bridgehead atoms. The van der Waals surface area contributed by atoms with Crippen LogP contribution in [0, 0.1) is 0 Å². The van der Waals surface area contributed by atoms with Gasteiger partial charge in [0.25, 0.3) is 11.8 Å². The maximum Gasteiger partial charge on any atom is 0.255 e. The van der Waals surface area contributed by atoms with Gasteiger partial charge in [-0.15, -0.1) is 0 Å². The van der Waals surface area contributed by atoms with E-state index in [-0.39, 0.29) is 23.3 Å². The van der Waals surface area contributed by atoms with Gasteiger partial charge < -0.3 is 44.5 Å². The summed E-state index contributed by atoms with van der Waals surface area (Å²) in [5.74, 6) is 1.24. The number of carbonyl (C=O) groups excluding carboxylic acids is 2. The van der Waals surface area contributed by atoms with Gasteiger partial charge in [0.1, 0.15) is 36.2 Å². The van der Waals surface area contributed by atoms with Crippen LogP contribution < -0.4 is 20.1 Å². The van der Waals surface area contributed by atoms with Crippen molar-refractivity contribution in [2.75, 3.05) is 70.3 Å². The number of anilines is 2. The molecule has 0 aromatic heterocycles. The third-order valence-corrected chi connectivity index (χ3v) is 6.20. The quantitative estimate of drug-likeness (QED) is 0.0666. The molecule has 12 heteroatoms. The van der Waals surface area contributed by atoms with Crippen molar-refractivity contribution in [1.82, 2.24) is 0 Å². The van der Waals surface area contributed by atoms with Gasteiger partial charge in [-0.3, -0.25) is 9.59 Å². The lowest BCUT2D eigenvalue weighted by molar-refractivity contribution is 0.101. The summed E-state index contributed by atoms with van der Waals surface area (Å²) in [6.45, 7) is 2.82. The Hall–Kier alpha value is -4.62. The summed E-state index contributed by atoms with van der Waals surface area (Å²) >= 11 is 3.18. The van der Waals surface area contributed by atoms with Crippen LogP contribution in [-0.2, 0) is 14.2 Å². The molecule has 0 heterocycles. The number of carbonyl (C=O) groups is 2. The van der Waals surface area contributed by atoms with E-state index in [0.29, 0.717) is 54.7 Å². The van der Waals surface area contributed by atoms with E-state index in [1.165, 1.54) is 36.4 Å². The molecule has 4 rings (SSSR count). The van der Waals surface area contributed by atoms with Gasteiger partial charge in [-0.1, -0.05) is 15.9 Å². The second-order valence-corrected chi connectivity index (χ2v) is 10.2. The lowest BCUT2D eigenvalue weighted by atomic mass is 10.2. The Balaban J connectivity index is 0.000000300. The first-order chi connectivity index (χ1) is 22.8. The van der Waals surface area contributed by atoms with Crippen LogP contribution in [0.5, 0.6) is 23.0 Å². The van der Waals surface area contributed by atoms with Crippen LogP contribution in [0.4, 0.5) is 11.4 Å². The molecule has 0 saturated heterocycles. The molecule has 0 saturated carbocycles. The zero-order valence-corrected chi connectivity index (χ0v) is 28.2. The van der Waals surface area contributed by atoms with Crippen molar-refractivity contribution in [1.29, 1.82) is 0 Å². The molecule has 0 fully saturated rings. The molecule has 0 aliphatic heterocycles. The van der Waals surface area contributed by atoms with Crippen molar-refractivity contribution >= 4 is 39.1 Å². The summed E-state index contributed by atoms with van der Waals surface area (Å²) in [6.07, 6.45) is 0. The summed E-state index contributed by atoms with van der Waals surface area (Å²) in [7, 11) is 4.93. The zero-order valence-electron chi connectivity index (χ0n) is 26.6. The molecule has 2 amide bonds. The standard InChI is InChI=1S/C19H23NO5.C13H11NO3.C3H7BrO/c1-22-11-13-24-17-7-3-15(4-8-17)19(21)20-16-5-9-18(10-6-16)25-14-12-23-2;15-11-5-1-9(2-6-11)13(17)14-10-3-7-12(16)8-4-10;1-5-3-2-4/h3-10H,11-14H2,1-2H3,(H,20,21);1-8,15-16H,(H,14,17);2-3H2,1H3. The van der Waals surface area contributed by atoms with Crippen molar-refractivity contribution in [3.8, 4) is 23.0 Å². The molecule has 4 aromatic rings. The van der Waals surface area contributed by atoms with Crippen LogP contribution in [0.2, 0.25) is 0 Å². The fourth-order valence-electron chi connectivity index (χ4n) is 3.46. The number of halogens is 1. The molecule has 0 spiro atoms. The van der Waals surface area contributed by atoms with Gasteiger partial charge in [0.05, 0.1) is 19.8 Å². The first kappa shape index (κ1) is 38.6. The van der Waals surface area contributed by atoms with Gasteiger partial charge >= 0.3 is 0 Å². The van der Waals surface area contributed by atoms with E-state index >= 15 is 0 Å². The molecule has 0 aliphatic rings. The van der Waals surface area contributed by atoms with Gasteiger partial charge in [-0.05, 0) is 97.1 Å². The summed E-state index contributed by atoms with van der Waals surface area (Å²) in [4.78, 5) is 24.0. The number of ether oxygens (including phenoxy) is 5. The predicted octanol–water partition coefficient (Wildman–Crippen LogP) is 6.37. The van der Waals surface area contributed by atoms with Crippen molar-refractivity contribution < 1.29 is 43.5 Å². The summed E-state index contributed by atoms with van der Waals surface area (Å²) in [5, 5.41) is 24.6. The molecule has 11 nitrogen and oxygen atoms in total. The maximum atomic E-state index is 12.3. The monoisotopic (exact) mass is 712 g/mol. The van der Waals surface area contributed by atoms with E-state index < -0.39 is 0 Å². The summed E-state index contributed by atoms with van der Waals surface area (Å²) in [5.41, 5.74) is 2.31. The van der Waals surface area contributed by atoms with E-state index in [9.17, 15) is 9.59 Å². The lowest BCUT2D eigenvalue weighted by Gasteiger charge is -2.09. The van der Waals surface area contributed by atoms with Crippen LogP contribution >= 0.6 is 15.9 Å². The largest absolute Gasteiger partial charge is 0.508 e. The highest BCUT2D eigenvalue weighted by Crippen LogP contribution is 2.18. The Morgan fingerprint density at radius 3 is 1.23 bits per heavy atom. The second-order valence-electron chi connectivity index (χ2n) is 9.42. The van der Waals surface area contributed by atoms with Crippen LogP contribution in [0.25, 0.3) is 0 Å². The van der Waals surface area contributed by atoms with Crippen molar-refractivity contribution in [2.45, 2.75) is 0 Å². The van der Waals surface area contributed by atoms with E-state index in [1.54, 1.807) is 82.0 Å². The number of rotatable bonds is 14. The molecule has 0 aliphatic carbocycles. The number of methoxy groups -OCH3 is 3. The third kappa shape index (κ3) is 16.0. The number of hydrogen-bond acceptors (Lipinski definition) is 9. The number of aromatic hydroxyl groups is 2. The Bertz CT molecular complexity index is 1430. The van der Waals surface area contributed by atoms with E-state index in [1.807, 2.05) is 0 Å². The molecule has 4 N–H and O–H groups in total. The number of hydrogen-bond donors (Lipinski definition) is 4. The molecule has 0 atom stereocenters. The highest BCUT2D eigenvalue weighted by Gasteiger charge is 2.07. The fourth-order valence-corrected chi connectivity index (χ4v) is 3.79. The van der Waals surface area contributed by atoms with Crippen molar-refractivity contribution in [3.63, 3.8) is 0 Å². The smallest absolute Gasteiger partial charge is 0.255 e. The number of benzene rings is 4. The molecular weight excluding hydrogens is 672 g/mol. The molecule has 47 heavy (non-hydrogen) atoms. The number of phenolic OH excluding ortho intramolecular Hbond substituents is 2. The Kier molecular flexibility index (Phi) is 18.7. The highest BCUT2D eigenvalue weighted by atomic mass is 79.9. The lowest BCUT2D eigenvalue weighted by Crippen LogP contribution is -2.12. The number of amides is 2. The minimum absolute atomic E-state index is 0.117. The van der Waals surface area contributed by atoms with Crippen molar-refractivity contribution in [3.05, 3.63) is 108 Å². The summed E-state index contributed by atoms with van der Waals surface area (Å²) in [6, 6.07) is 26.3. The van der Waals surface area contributed by atoms with E-state index in [0.717, 1.165) is 17.7 Å².